The van der Waals surface area contributed by atoms with Crippen LogP contribution in [0.5, 0.6) is 5.75 Å². The van der Waals surface area contributed by atoms with Crippen molar-refractivity contribution in [1.82, 2.24) is 20.1 Å². The molecule has 0 radical (unpaired) electrons. The zero-order valence-corrected chi connectivity index (χ0v) is 27.6. The van der Waals surface area contributed by atoms with Gasteiger partial charge in [0.15, 0.2) is 0 Å². The molecule has 11 heteroatoms. The van der Waals surface area contributed by atoms with Gasteiger partial charge in [-0.15, -0.1) is 10.8 Å². The van der Waals surface area contributed by atoms with Gasteiger partial charge < -0.3 is 20.4 Å². The number of carbonyl (C=O) groups excluding carboxylic acids is 2. The Balaban J connectivity index is 2.42. The number of hydrogen-bond donors (Lipinski definition) is 4. The first kappa shape index (κ1) is 36.8. The molecule has 2 rings (SSSR count). The predicted molar refractivity (Wildman–Crippen MR) is 174 cm³/mol. The molecule has 0 aliphatic carbocycles. The van der Waals surface area contributed by atoms with E-state index in [-0.39, 0.29) is 48.4 Å². The minimum Gasteiger partial charge on any atom is -0.508 e. The molecule has 0 aromatic heterocycles. The summed E-state index contributed by atoms with van der Waals surface area (Å²) in [6.45, 7) is 12.4. The van der Waals surface area contributed by atoms with E-state index in [9.17, 15) is 28.2 Å². The first-order valence-corrected chi connectivity index (χ1v) is 16.9. The zero-order valence-electron chi connectivity index (χ0n) is 26.8. The molecule has 2 aromatic rings. The molecule has 4 N–H and O–H groups in total. The minimum atomic E-state index is -3.63. The summed E-state index contributed by atoms with van der Waals surface area (Å²) in [4.78, 5) is 31.4. The van der Waals surface area contributed by atoms with Crippen LogP contribution in [0.15, 0.2) is 42.5 Å². The van der Waals surface area contributed by atoms with Gasteiger partial charge >= 0.3 is 0 Å². The molecule has 0 aliphatic rings. The number of nitrogens with one attached hydrogen (secondary N) is 2. The second kappa shape index (κ2) is 17.8. The molecule has 0 spiro atoms. The van der Waals surface area contributed by atoms with E-state index in [1.165, 1.54) is 17.1 Å². The van der Waals surface area contributed by atoms with E-state index < -0.39 is 28.1 Å². The zero-order chi connectivity index (χ0) is 32.9. The quantitative estimate of drug-likeness (QED) is 0.155. The maximum atomic E-state index is 13.7. The summed E-state index contributed by atoms with van der Waals surface area (Å²) in [5, 5.41) is 25.4. The molecule has 2 aromatic carbocycles. The van der Waals surface area contributed by atoms with Gasteiger partial charge in [-0.25, -0.2) is 13.4 Å². The van der Waals surface area contributed by atoms with Crippen LogP contribution in [-0.2, 0) is 16.4 Å². The van der Waals surface area contributed by atoms with Gasteiger partial charge in [0.1, 0.15) is 5.75 Å². The Kier molecular flexibility index (Phi) is 14.8. The van der Waals surface area contributed by atoms with Crippen LogP contribution in [0.2, 0.25) is 0 Å². The molecular formula is C33H48N4O6S. The number of likely N-dealkylation sites (N-methyl/N-ethyl adjacent to an activating group) is 1. The van der Waals surface area contributed by atoms with Crippen molar-refractivity contribution >= 4 is 21.8 Å². The summed E-state index contributed by atoms with van der Waals surface area (Å²) < 4.78 is 25.2. The lowest BCUT2D eigenvalue weighted by Gasteiger charge is -2.30. The number of aliphatic hydroxyl groups is 1. The monoisotopic (exact) mass is 628 g/mol. The van der Waals surface area contributed by atoms with Crippen LogP contribution >= 0.6 is 0 Å². The molecule has 2 atom stereocenters. The Morgan fingerprint density at radius 3 is 2.14 bits per heavy atom. The molecular weight excluding hydrogens is 580 g/mol. The van der Waals surface area contributed by atoms with Crippen molar-refractivity contribution in [2.45, 2.75) is 73.0 Å². The number of phenolic OH excluding ortho intramolecular Hbond substituents is 1. The summed E-state index contributed by atoms with van der Waals surface area (Å²) in [6, 6.07) is 10.4. The number of hydrogen-bond acceptors (Lipinski definition) is 7. The molecule has 0 saturated heterocycles. The smallest absolute Gasteiger partial charge is 0.253 e. The molecule has 0 saturated carbocycles. The number of sulfonamides is 1. The highest BCUT2D eigenvalue weighted by atomic mass is 32.2. The number of nitrogens with zero attached hydrogens (tertiary/aromatic N) is 2. The van der Waals surface area contributed by atoms with Crippen LogP contribution < -0.4 is 10.1 Å². The Morgan fingerprint density at radius 2 is 1.59 bits per heavy atom. The molecule has 0 heterocycles. The van der Waals surface area contributed by atoms with E-state index in [4.69, 9.17) is 0 Å². The fraction of sp³-hybridized carbons (Fsp3) is 0.515. The lowest BCUT2D eigenvalue weighted by atomic mass is 9.99. The van der Waals surface area contributed by atoms with Crippen LogP contribution in [0.1, 0.15) is 86.2 Å². The summed E-state index contributed by atoms with van der Waals surface area (Å²) in [5.41, 5.74) is 1.83. The maximum Gasteiger partial charge on any atom is 0.253 e. The molecule has 10 nitrogen and oxygen atoms in total. The molecule has 44 heavy (non-hydrogen) atoms. The number of phenols is 1. The standard InChI is InChI=1S/C33H48N4O6S/c1-7-11-26-18-27(21-28(19-26)33(41)36(16-8-2)17-9-3)32(40)34-30(20-25-12-14-29(38)15-13-25)31(39)22-37(10-4)35-44(42,43)23-24(5)6/h12-15,18-19,21,24,30-31,35,38-39H,8-10,16-17,20,22-23H2,1-6H3,(H,34,40). The lowest BCUT2D eigenvalue weighted by Crippen LogP contribution is -2.53. The molecule has 0 bridgehead atoms. The second-order valence-corrected chi connectivity index (χ2v) is 13.0. The number of aliphatic hydroxyl groups excluding tert-OH is 1. The van der Waals surface area contributed by atoms with E-state index in [1.807, 2.05) is 13.8 Å². The number of hydrazine groups is 1. The minimum absolute atomic E-state index is 0.0702. The van der Waals surface area contributed by atoms with Crippen molar-refractivity contribution in [2.75, 3.05) is 31.9 Å². The van der Waals surface area contributed by atoms with Crippen LogP contribution in [0.4, 0.5) is 0 Å². The summed E-state index contributed by atoms with van der Waals surface area (Å²) in [6.07, 6.45) is 0.614. The van der Waals surface area contributed by atoms with E-state index in [2.05, 4.69) is 22.0 Å². The first-order valence-electron chi connectivity index (χ1n) is 15.2. The normalized spacial score (nSPS) is 12.8. The van der Waals surface area contributed by atoms with Gasteiger partial charge in [-0.2, -0.15) is 0 Å². The summed E-state index contributed by atoms with van der Waals surface area (Å²) >= 11 is 0. The van der Waals surface area contributed by atoms with Gasteiger partial charge in [0.2, 0.25) is 10.0 Å². The fourth-order valence-corrected chi connectivity index (χ4v) is 6.36. The van der Waals surface area contributed by atoms with Crippen molar-refractivity contribution in [3.8, 4) is 17.6 Å². The summed E-state index contributed by atoms with van der Waals surface area (Å²) in [5.74, 6) is 5.00. The second-order valence-electron chi connectivity index (χ2n) is 11.3. The third kappa shape index (κ3) is 11.9. The van der Waals surface area contributed by atoms with E-state index in [0.29, 0.717) is 24.2 Å². The number of aromatic hydroxyl groups is 1. The highest BCUT2D eigenvalue weighted by molar-refractivity contribution is 7.89. The van der Waals surface area contributed by atoms with Crippen molar-refractivity contribution < 1.29 is 28.2 Å². The van der Waals surface area contributed by atoms with Gasteiger partial charge in [-0.1, -0.05) is 52.7 Å². The lowest BCUT2D eigenvalue weighted by molar-refractivity contribution is 0.0634. The highest BCUT2D eigenvalue weighted by Crippen LogP contribution is 2.17. The van der Waals surface area contributed by atoms with Crippen LogP contribution in [0.3, 0.4) is 0 Å². The third-order valence-corrected chi connectivity index (χ3v) is 8.41. The van der Waals surface area contributed by atoms with Gasteiger partial charge in [-0.3, -0.25) is 9.59 Å². The molecule has 2 unspecified atom stereocenters. The Hall–Kier alpha value is -3.43. The molecule has 0 aliphatic heterocycles. The highest BCUT2D eigenvalue weighted by Gasteiger charge is 2.27. The Bertz CT molecular complexity index is 1390. The molecule has 0 fully saturated rings. The van der Waals surface area contributed by atoms with E-state index >= 15 is 0 Å². The SMILES string of the molecule is CC#Cc1cc(C(=O)NC(Cc2ccc(O)cc2)C(O)CN(CC)NS(=O)(=O)CC(C)C)cc(C(=O)N(CCC)CCC)c1. The van der Waals surface area contributed by atoms with Gasteiger partial charge in [0, 0.05) is 42.9 Å². The van der Waals surface area contributed by atoms with Gasteiger partial charge in [0.05, 0.1) is 17.9 Å². The number of rotatable bonds is 17. The average molecular weight is 629 g/mol. The maximum absolute atomic E-state index is 13.7. The molecule has 2 amide bonds. The van der Waals surface area contributed by atoms with Gasteiger partial charge in [-0.05, 0) is 68.0 Å². The fourth-order valence-electron chi connectivity index (χ4n) is 4.81. The van der Waals surface area contributed by atoms with Crippen LogP contribution in [0.25, 0.3) is 0 Å². The van der Waals surface area contributed by atoms with E-state index in [0.717, 1.165) is 18.4 Å². The predicted octanol–water partition coefficient (Wildman–Crippen LogP) is 3.54. The Morgan fingerprint density at radius 1 is 0.977 bits per heavy atom. The van der Waals surface area contributed by atoms with Crippen LogP contribution in [-0.4, -0.2) is 84.4 Å². The first-order chi connectivity index (χ1) is 20.8. The number of amides is 2. The number of benzene rings is 2. The van der Waals surface area contributed by atoms with Crippen molar-refractivity contribution in [2.24, 2.45) is 5.92 Å². The Labute approximate surface area is 262 Å². The average Bonchev–Trinajstić information content (AvgIpc) is 2.96. The van der Waals surface area contributed by atoms with Crippen molar-refractivity contribution in [3.05, 3.63) is 64.7 Å². The van der Waals surface area contributed by atoms with Crippen LogP contribution in [0, 0.1) is 17.8 Å². The topological polar surface area (TPSA) is 139 Å². The number of carbonyl (C=O) groups is 2. The summed E-state index contributed by atoms with van der Waals surface area (Å²) in [7, 11) is -3.63. The van der Waals surface area contributed by atoms with Crippen molar-refractivity contribution in [3.63, 3.8) is 0 Å². The largest absolute Gasteiger partial charge is 0.508 e. The third-order valence-electron chi connectivity index (χ3n) is 6.77. The molecule has 242 valence electrons. The van der Waals surface area contributed by atoms with Crippen molar-refractivity contribution in [1.29, 1.82) is 0 Å². The van der Waals surface area contributed by atoms with E-state index in [1.54, 1.807) is 62.9 Å². The van der Waals surface area contributed by atoms with Gasteiger partial charge in [0.25, 0.3) is 11.8 Å².